The van der Waals surface area contributed by atoms with Crippen LogP contribution in [0.25, 0.3) is 0 Å². The Balaban J connectivity index is 2.30. The molecule has 1 heterocycles. The molecule has 0 atom stereocenters. The Morgan fingerprint density at radius 2 is 2.12 bits per heavy atom. The first-order chi connectivity index (χ1) is 7.46. The van der Waals surface area contributed by atoms with E-state index in [-0.39, 0.29) is 5.91 Å². The van der Waals surface area contributed by atoms with E-state index in [0.29, 0.717) is 13.1 Å². The number of rotatable bonds is 2. The third-order valence-electron chi connectivity index (χ3n) is 2.43. The number of benzene rings is 1. The quantitative estimate of drug-likeness (QED) is 0.787. The van der Waals surface area contributed by atoms with Crippen molar-refractivity contribution in [1.82, 2.24) is 0 Å². The molecule has 1 aromatic carbocycles. The van der Waals surface area contributed by atoms with E-state index in [1.54, 1.807) is 13.8 Å². The van der Waals surface area contributed by atoms with E-state index in [9.17, 15) is 9.90 Å². The van der Waals surface area contributed by atoms with E-state index in [2.05, 4.69) is 5.32 Å². The number of nitrogens with one attached hydrogen (secondary N) is 1. The lowest BCUT2D eigenvalue weighted by Gasteiger charge is -2.34. The number of para-hydroxylation sites is 2. The molecule has 1 aliphatic rings. The normalized spacial score (nSPS) is 15.7. The number of carbonyl (C=O) groups is 1. The molecule has 0 aromatic heterocycles. The maximum atomic E-state index is 11.5. The van der Waals surface area contributed by atoms with Crippen LogP contribution in [0, 0.1) is 0 Å². The van der Waals surface area contributed by atoms with Gasteiger partial charge in [-0.3, -0.25) is 4.79 Å². The zero-order valence-electron chi connectivity index (χ0n) is 9.53. The smallest absolute Gasteiger partial charge is 0.243 e. The maximum absolute atomic E-state index is 11.5. The number of β-amino-alcohol motifs (C(OH)–C–C–N with tert-alkyl or cyclic N) is 1. The number of anilines is 2. The minimum Gasteiger partial charge on any atom is -0.389 e. The lowest BCUT2D eigenvalue weighted by Crippen LogP contribution is -2.45. The van der Waals surface area contributed by atoms with Crippen LogP contribution in [-0.4, -0.2) is 29.7 Å². The minimum atomic E-state index is -0.815. The fourth-order valence-corrected chi connectivity index (χ4v) is 1.91. The molecule has 0 saturated heterocycles. The van der Waals surface area contributed by atoms with Crippen LogP contribution in [0.5, 0.6) is 0 Å². The highest BCUT2D eigenvalue weighted by Crippen LogP contribution is 2.29. The third kappa shape index (κ3) is 2.33. The Bertz CT molecular complexity index is 410. The molecule has 1 aliphatic heterocycles. The summed E-state index contributed by atoms with van der Waals surface area (Å²) >= 11 is 0. The molecule has 0 saturated carbocycles. The highest BCUT2D eigenvalue weighted by Gasteiger charge is 2.26. The second-order valence-corrected chi connectivity index (χ2v) is 4.73. The van der Waals surface area contributed by atoms with E-state index in [1.165, 1.54) is 0 Å². The second kappa shape index (κ2) is 3.79. The molecule has 4 nitrogen and oxygen atoms in total. The first-order valence-electron chi connectivity index (χ1n) is 5.32. The van der Waals surface area contributed by atoms with Gasteiger partial charge in [0.2, 0.25) is 5.91 Å². The molecule has 0 unspecified atom stereocenters. The summed E-state index contributed by atoms with van der Waals surface area (Å²) in [6.07, 6.45) is 0. The molecule has 4 heteroatoms. The number of hydrogen-bond acceptors (Lipinski definition) is 3. The van der Waals surface area contributed by atoms with Crippen molar-refractivity contribution in [3.8, 4) is 0 Å². The van der Waals surface area contributed by atoms with Gasteiger partial charge in [0.1, 0.15) is 0 Å². The van der Waals surface area contributed by atoms with Crippen molar-refractivity contribution in [2.45, 2.75) is 19.4 Å². The molecule has 0 fully saturated rings. The SMILES string of the molecule is CC(C)(O)CN1CC(=O)Nc2ccccc21. The highest BCUT2D eigenvalue weighted by molar-refractivity contribution is 6.01. The standard InChI is InChI=1S/C12H16N2O2/c1-12(2,16)8-14-7-11(15)13-9-5-3-4-6-10(9)14/h3-6,16H,7-8H2,1-2H3,(H,13,15). The van der Waals surface area contributed by atoms with Gasteiger partial charge in [-0.1, -0.05) is 12.1 Å². The van der Waals surface area contributed by atoms with E-state index in [4.69, 9.17) is 0 Å². The van der Waals surface area contributed by atoms with Gasteiger partial charge in [-0.15, -0.1) is 0 Å². The third-order valence-corrected chi connectivity index (χ3v) is 2.43. The van der Waals surface area contributed by atoms with Crippen LogP contribution >= 0.6 is 0 Å². The summed E-state index contributed by atoms with van der Waals surface area (Å²) in [4.78, 5) is 13.4. The molecule has 1 amide bonds. The average molecular weight is 220 g/mol. The van der Waals surface area contributed by atoms with Gasteiger partial charge in [-0.2, -0.15) is 0 Å². The van der Waals surface area contributed by atoms with Gasteiger partial charge >= 0.3 is 0 Å². The number of amides is 1. The molecule has 0 aliphatic carbocycles. The van der Waals surface area contributed by atoms with Gasteiger partial charge < -0.3 is 15.3 Å². The molecular formula is C12H16N2O2. The Morgan fingerprint density at radius 1 is 1.44 bits per heavy atom. The van der Waals surface area contributed by atoms with E-state index < -0.39 is 5.60 Å². The number of hydrogen-bond donors (Lipinski definition) is 2. The molecule has 2 N–H and O–H groups in total. The lowest BCUT2D eigenvalue weighted by molar-refractivity contribution is -0.115. The van der Waals surface area contributed by atoms with E-state index in [0.717, 1.165) is 11.4 Å². The largest absolute Gasteiger partial charge is 0.389 e. The van der Waals surface area contributed by atoms with Crippen LogP contribution in [0.4, 0.5) is 11.4 Å². The van der Waals surface area contributed by atoms with E-state index >= 15 is 0 Å². The fourth-order valence-electron chi connectivity index (χ4n) is 1.91. The van der Waals surface area contributed by atoms with Crippen molar-refractivity contribution in [2.75, 3.05) is 23.3 Å². The maximum Gasteiger partial charge on any atom is 0.243 e. The van der Waals surface area contributed by atoms with Crippen LogP contribution in [0.15, 0.2) is 24.3 Å². The van der Waals surface area contributed by atoms with Crippen molar-refractivity contribution >= 4 is 17.3 Å². The lowest BCUT2D eigenvalue weighted by atomic mass is 10.1. The summed E-state index contributed by atoms with van der Waals surface area (Å²) in [5.41, 5.74) is 0.956. The first kappa shape index (κ1) is 11.0. The second-order valence-electron chi connectivity index (χ2n) is 4.73. The van der Waals surface area contributed by atoms with Crippen LogP contribution in [0.2, 0.25) is 0 Å². The fraction of sp³-hybridized carbons (Fsp3) is 0.417. The number of fused-ring (bicyclic) bond motifs is 1. The number of aliphatic hydroxyl groups is 1. The molecular weight excluding hydrogens is 204 g/mol. The number of nitrogens with zero attached hydrogens (tertiary/aromatic N) is 1. The molecule has 0 spiro atoms. The van der Waals surface area contributed by atoms with Crippen LogP contribution in [0.1, 0.15) is 13.8 Å². The van der Waals surface area contributed by atoms with Gasteiger partial charge in [0.25, 0.3) is 0 Å². The molecule has 2 rings (SSSR count). The van der Waals surface area contributed by atoms with Gasteiger partial charge in [0.05, 0.1) is 23.5 Å². The predicted octanol–water partition coefficient (Wildman–Crippen LogP) is 1.22. The van der Waals surface area contributed by atoms with Crippen LogP contribution < -0.4 is 10.2 Å². The minimum absolute atomic E-state index is 0.0389. The summed E-state index contributed by atoms with van der Waals surface area (Å²) < 4.78 is 0. The summed E-state index contributed by atoms with van der Waals surface area (Å²) in [6.45, 7) is 4.21. The summed E-state index contributed by atoms with van der Waals surface area (Å²) in [7, 11) is 0. The average Bonchev–Trinajstić information content (AvgIpc) is 2.14. The summed E-state index contributed by atoms with van der Waals surface area (Å²) in [6, 6.07) is 7.62. The topological polar surface area (TPSA) is 52.6 Å². The van der Waals surface area contributed by atoms with Crippen molar-refractivity contribution in [1.29, 1.82) is 0 Å². The zero-order chi connectivity index (χ0) is 11.8. The van der Waals surface area contributed by atoms with Crippen molar-refractivity contribution in [3.63, 3.8) is 0 Å². The van der Waals surface area contributed by atoms with Crippen LogP contribution in [0.3, 0.4) is 0 Å². The van der Waals surface area contributed by atoms with Gasteiger partial charge in [0, 0.05) is 6.54 Å². The Hall–Kier alpha value is -1.55. The molecule has 1 aromatic rings. The van der Waals surface area contributed by atoms with Gasteiger partial charge in [-0.25, -0.2) is 0 Å². The van der Waals surface area contributed by atoms with Crippen LogP contribution in [-0.2, 0) is 4.79 Å². The Kier molecular flexibility index (Phi) is 2.59. The van der Waals surface area contributed by atoms with Crippen molar-refractivity contribution in [2.24, 2.45) is 0 Å². The first-order valence-corrected chi connectivity index (χ1v) is 5.32. The molecule has 16 heavy (non-hydrogen) atoms. The molecule has 0 bridgehead atoms. The zero-order valence-corrected chi connectivity index (χ0v) is 9.53. The number of carbonyl (C=O) groups excluding carboxylic acids is 1. The summed E-state index contributed by atoms with van der Waals surface area (Å²) in [5.74, 6) is -0.0389. The highest BCUT2D eigenvalue weighted by atomic mass is 16.3. The monoisotopic (exact) mass is 220 g/mol. The Labute approximate surface area is 94.9 Å². The summed E-state index contributed by atoms with van der Waals surface area (Å²) in [5, 5.41) is 12.6. The van der Waals surface area contributed by atoms with Crippen molar-refractivity contribution < 1.29 is 9.90 Å². The van der Waals surface area contributed by atoms with Gasteiger partial charge in [-0.05, 0) is 26.0 Å². The van der Waals surface area contributed by atoms with Gasteiger partial charge in [0.15, 0.2) is 0 Å². The van der Waals surface area contributed by atoms with Crippen molar-refractivity contribution in [3.05, 3.63) is 24.3 Å². The molecule has 0 radical (unpaired) electrons. The molecule has 86 valence electrons. The van der Waals surface area contributed by atoms with E-state index in [1.807, 2.05) is 29.2 Å². The Morgan fingerprint density at radius 3 is 2.81 bits per heavy atom. The predicted molar refractivity (Wildman–Crippen MR) is 63.6 cm³/mol.